The zero-order valence-corrected chi connectivity index (χ0v) is 11.8. The summed E-state index contributed by atoms with van der Waals surface area (Å²) in [6, 6.07) is 3.76. The monoisotopic (exact) mass is 301 g/mol. The minimum absolute atomic E-state index is 0.0336. The third-order valence-electron chi connectivity index (χ3n) is 3.07. The fraction of sp³-hybridized carbons (Fsp3) is 0.500. The van der Waals surface area contributed by atoms with Crippen LogP contribution in [-0.2, 0) is 9.53 Å². The number of benzene rings is 1. The molecule has 1 aliphatic heterocycles. The molecule has 2 rings (SSSR count). The number of halogens is 2. The largest absolute Gasteiger partial charge is 0.586 e. The Morgan fingerprint density at radius 1 is 1.38 bits per heavy atom. The fourth-order valence-corrected chi connectivity index (χ4v) is 2.04. The summed E-state index contributed by atoms with van der Waals surface area (Å²) >= 11 is 0. The van der Waals surface area contributed by atoms with Gasteiger partial charge in [0.15, 0.2) is 11.5 Å². The van der Waals surface area contributed by atoms with E-state index in [4.69, 9.17) is 4.74 Å². The molecule has 0 saturated heterocycles. The van der Waals surface area contributed by atoms with Gasteiger partial charge in [-0.1, -0.05) is 19.8 Å². The lowest BCUT2D eigenvalue weighted by Gasteiger charge is -2.17. The van der Waals surface area contributed by atoms with Crippen LogP contribution in [0.4, 0.5) is 14.5 Å². The van der Waals surface area contributed by atoms with E-state index in [-0.39, 0.29) is 11.5 Å². The highest BCUT2D eigenvalue weighted by Gasteiger charge is 2.43. The first-order valence-electron chi connectivity index (χ1n) is 6.69. The third-order valence-corrected chi connectivity index (χ3v) is 3.07. The van der Waals surface area contributed by atoms with Gasteiger partial charge in [0, 0.05) is 11.8 Å². The van der Waals surface area contributed by atoms with Crippen LogP contribution in [0.5, 0.6) is 11.5 Å². The lowest BCUT2D eigenvalue weighted by atomic mass is 10.1. The zero-order valence-electron chi connectivity index (χ0n) is 11.8. The number of rotatable bonds is 6. The van der Waals surface area contributed by atoms with Crippen LogP contribution in [0.15, 0.2) is 18.2 Å². The van der Waals surface area contributed by atoms with E-state index in [0.717, 1.165) is 12.8 Å². The van der Waals surface area contributed by atoms with Gasteiger partial charge in [0.25, 0.3) is 0 Å². The molecule has 7 heteroatoms. The van der Waals surface area contributed by atoms with Crippen LogP contribution in [0.1, 0.15) is 26.2 Å². The van der Waals surface area contributed by atoms with Gasteiger partial charge in [-0.05, 0) is 18.6 Å². The molecule has 0 saturated carbocycles. The Balaban J connectivity index is 2.10. The molecular weight excluding hydrogens is 284 g/mol. The topological polar surface area (TPSA) is 56.8 Å². The van der Waals surface area contributed by atoms with Crippen LogP contribution in [0, 0.1) is 0 Å². The highest BCUT2D eigenvalue weighted by Crippen LogP contribution is 2.42. The van der Waals surface area contributed by atoms with Crippen molar-refractivity contribution >= 4 is 11.7 Å². The quantitative estimate of drug-likeness (QED) is 0.818. The summed E-state index contributed by atoms with van der Waals surface area (Å²) < 4.78 is 39.3. The van der Waals surface area contributed by atoms with E-state index in [1.807, 2.05) is 6.92 Å². The molecule has 0 spiro atoms. The van der Waals surface area contributed by atoms with Crippen molar-refractivity contribution in [1.82, 2.24) is 0 Å². The number of esters is 1. The van der Waals surface area contributed by atoms with Gasteiger partial charge in [-0.25, -0.2) is 4.79 Å². The summed E-state index contributed by atoms with van der Waals surface area (Å²) in [4.78, 5) is 11.7. The number of ether oxygens (including phenoxy) is 3. The number of hydrogen-bond acceptors (Lipinski definition) is 5. The molecule has 0 aliphatic carbocycles. The van der Waals surface area contributed by atoms with Crippen LogP contribution in [-0.4, -0.2) is 25.4 Å². The summed E-state index contributed by atoms with van der Waals surface area (Å²) in [5.74, 6) is -0.496. The third kappa shape index (κ3) is 3.74. The maximum absolute atomic E-state index is 12.9. The predicted octanol–water partition coefficient (Wildman–Crippen LogP) is 3.15. The first-order valence-corrected chi connectivity index (χ1v) is 6.69. The minimum atomic E-state index is -3.65. The first kappa shape index (κ1) is 15.3. The van der Waals surface area contributed by atoms with Crippen LogP contribution >= 0.6 is 0 Å². The van der Waals surface area contributed by atoms with Gasteiger partial charge in [-0.2, -0.15) is 0 Å². The highest BCUT2D eigenvalue weighted by atomic mass is 19.3. The Labute approximate surface area is 121 Å². The second kappa shape index (κ2) is 6.15. The number of carbonyl (C=O) groups is 1. The molecule has 1 unspecified atom stereocenters. The number of carbonyl (C=O) groups excluding carboxylic acids is 1. The van der Waals surface area contributed by atoms with Crippen LogP contribution in [0.2, 0.25) is 0 Å². The van der Waals surface area contributed by atoms with Crippen LogP contribution in [0.25, 0.3) is 0 Å². The molecule has 1 N–H and O–H groups in total. The van der Waals surface area contributed by atoms with E-state index in [1.54, 1.807) is 6.07 Å². The van der Waals surface area contributed by atoms with Gasteiger partial charge < -0.3 is 19.5 Å². The van der Waals surface area contributed by atoms with Gasteiger partial charge in [0.05, 0.1) is 7.11 Å². The number of fused-ring (bicyclic) bond motifs is 1. The molecular formula is C14H17F2NO4. The fourth-order valence-electron chi connectivity index (χ4n) is 2.04. The Bertz CT molecular complexity index is 522. The van der Waals surface area contributed by atoms with Crippen molar-refractivity contribution in [1.29, 1.82) is 0 Å². The molecule has 1 aromatic rings. The average Bonchev–Trinajstić information content (AvgIpc) is 2.75. The average molecular weight is 301 g/mol. The number of unbranched alkanes of at least 4 members (excludes halogenated alkanes) is 1. The molecule has 0 aromatic heterocycles. The number of anilines is 1. The van der Waals surface area contributed by atoms with Crippen molar-refractivity contribution < 1.29 is 27.8 Å². The standard InChI is InChI=1S/C14H17F2NO4/c1-3-4-5-10(13(18)19-2)17-9-6-7-11-12(8-9)21-14(15,16)20-11/h6-8,10,17H,3-5H2,1-2H3. The van der Waals surface area contributed by atoms with Crippen molar-refractivity contribution in [2.45, 2.75) is 38.5 Å². The molecule has 0 radical (unpaired) electrons. The van der Waals surface area contributed by atoms with Crippen molar-refractivity contribution in [3.8, 4) is 11.5 Å². The summed E-state index contributed by atoms with van der Waals surface area (Å²) in [5.41, 5.74) is 0.488. The maximum atomic E-state index is 12.9. The lowest BCUT2D eigenvalue weighted by Crippen LogP contribution is -2.30. The normalized spacial score (nSPS) is 16.4. The van der Waals surface area contributed by atoms with Gasteiger partial charge in [-0.15, -0.1) is 8.78 Å². The van der Waals surface area contributed by atoms with Crippen molar-refractivity contribution in [2.24, 2.45) is 0 Å². The van der Waals surface area contributed by atoms with Gasteiger partial charge >= 0.3 is 12.3 Å². The molecule has 21 heavy (non-hydrogen) atoms. The van der Waals surface area contributed by atoms with E-state index in [1.165, 1.54) is 19.2 Å². The number of nitrogens with one attached hydrogen (secondary N) is 1. The maximum Gasteiger partial charge on any atom is 0.586 e. The molecule has 5 nitrogen and oxygen atoms in total. The predicted molar refractivity (Wildman–Crippen MR) is 71.6 cm³/mol. The van der Waals surface area contributed by atoms with E-state index in [9.17, 15) is 13.6 Å². The van der Waals surface area contributed by atoms with Gasteiger partial charge in [0.2, 0.25) is 0 Å². The van der Waals surface area contributed by atoms with Crippen molar-refractivity contribution in [3.05, 3.63) is 18.2 Å². The smallest absolute Gasteiger partial charge is 0.467 e. The van der Waals surface area contributed by atoms with E-state index in [2.05, 4.69) is 14.8 Å². The molecule has 116 valence electrons. The van der Waals surface area contributed by atoms with E-state index in [0.29, 0.717) is 12.1 Å². The lowest BCUT2D eigenvalue weighted by molar-refractivity contribution is -0.286. The molecule has 1 heterocycles. The van der Waals surface area contributed by atoms with Gasteiger partial charge in [-0.3, -0.25) is 0 Å². The Morgan fingerprint density at radius 2 is 2.10 bits per heavy atom. The summed E-state index contributed by atoms with van der Waals surface area (Å²) in [7, 11) is 1.31. The van der Waals surface area contributed by atoms with E-state index < -0.39 is 18.3 Å². The number of hydrogen-bond donors (Lipinski definition) is 1. The Morgan fingerprint density at radius 3 is 2.76 bits per heavy atom. The number of methoxy groups -OCH3 is 1. The van der Waals surface area contributed by atoms with Crippen molar-refractivity contribution in [3.63, 3.8) is 0 Å². The second-order valence-electron chi connectivity index (χ2n) is 4.69. The molecule has 1 atom stereocenters. The highest BCUT2D eigenvalue weighted by molar-refractivity contribution is 5.79. The second-order valence-corrected chi connectivity index (χ2v) is 4.69. The number of alkyl halides is 2. The van der Waals surface area contributed by atoms with Crippen LogP contribution in [0.3, 0.4) is 0 Å². The molecule has 0 fully saturated rings. The molecule has 0 amide bonds. The molecule has 1 aliphatic rings. The van der Waals surface area contributed by atoms with E-state index >= 15 is 0 Å². The zero-order chi connectivity index (χ0) is 15.5. The summed E-state index contributed by atoms with van der Waals surface area (Å²) in [6.07, 6.45) is -1.28. The minimum Gasteiger partial charge on any atom is -0.467 e. The first-order chi connectivity index (χ1) is 9.95. The van der Waals surface area contributed by atoms with Crippen molar-refractivity contribution in [2.75, 3.05) is 12.4 Å². The summed E-state index contributed by atoms with van der Waals surface area (Å²) in [6.45, 7) is 2.01. The Hall–Kier alpha value is -2.05. The molecule has 1 aromatic carbocycles. The summed E-state index contributed by atoms with van der Waals surface area (Å²) in [5, 5.41) is 2.97. The molecule has 0 bridgehead atoms. The Kier molecular flexibility index (Phi) is 4.50. The van der Waals surface area contributed by atoms with Gasteiger partial charge in [0.1, 0.15) is 6.04 Å². The SMILES string of the molecule is CCCCC(Nc1ccc2c(c1)OC(F)(F)O2)C(=O)OC. The van der Waals surface area contributed by atoms with Crippen LogP contribution < -0.4 is 14.8 Å².